The summed E-state index contributed by atoms with van der Waals surface area (Å²) in [6.07, 6.45) is 4.80. The van der Waals surface area contributed by atoms with Crippen LogP contribution in [0.4, 0.5) is 17.6 Å². The number of aryl methyl sites for hydroxylation is 1. The number of aromatic amines is 1. The highest BCUT2D eigenvalue weighted by Crippen LogP contribution is 2.36. The number of rotatable bonds is 12. The van der Waals surface area contributed by atoms with Crippen molar-refractivity contribution in [2.75, 3.05) is 0 Å². The number of allylic oxidation sites excluding steroid dienone is 2. The quantitative estimate of drug-likeness (QED) is 0.122. The van der Waals surface area contributed by atoms with Crippen LogP contribution in [0, 0.1) is 28.9 Å². The Balaban J connectivity index is 2.20. The van der Waals surface area contributed by atoms with Crippen LogP contribution in [0.2, 0.25) is 5.02 Å². The Hall–Kier alpha value is -4.36. The van der Waals surface area contributed by atoms with Gasteiger partial charge >= 0.3 is 0 Å². The smallest absolute Gasteiger partial charge is 0.293 e. The fourth-order valence-corrected chi connectivity index (χ4v) is 4.71. The van der Waals surface area contributed by atoms with Gasteiger partial charge in [-0.2, -0.15) is 5.26 Å². The molecule has 0 fully saturated rings. The molecule has 11 heteroatoms. The van der Waals surface area contributed by atoms with Crippen LogP contribution < -0.4 is 10.3 Å². The zero-order valence-electron chi connectivity index (χ0n) is 25.6. The van der Waals surface area contributed by atoms with Crippen molar-refractivity contribution in [2.45, 2.75) is 66.3 Å². The minimum atomic E-state index is -3.45. The third kappa shape index (κ3) is 8.43. The van der Waals surface area contributed by atoms with Crippen LogP contribution in [0.3, 0.4) is 0 Å². The van der Waals surface area contributed by atoms with E-state index in [1.54, 1.807) is 13.0 Å². The normalized spacial score (nSPS) is 12.3. The molecule has 0 spiro atoms. The number of ether oxygens (including phenoxy) is 1. The van der Waals surface area contributed by atoms with Crippen LogP contribution in [0.15, 0.2) is 70.9 Å². The Morgan fingerprint density at radius 1 is 1.13 bits per heavy atom. The number of unbranched alkanes of at least 4 members (excludes halogenated alkanes) is 1. The highest BCUT2D eigenvalue weighted by atomic mass is 35.5. The van der Waals surface area contributed by atoms with E-state index < -0.39 is 46.3 Å². The lowest BCUT2D eigenvalue weighted by atomic mass is 9.97. The Morgan fingerprint density at radius 3 is 2.44 bits per heavy atom. The van der Waals surface area contributed by atoms with Gasteiger partial charge in [0, 0.05) is 34.0 Å². The number of hydrogen-bond donors (Lipinski definition) is 1. The number of hydrogen-bond acceptors (Lipinski definition) is 4. The van der Waals surface area contributed by atoms with E-state index in [0.717, 1.165) is 25.5 Å². The molecule has 0 aliphatic rings. The lowest BCUT2D eigenvalue weighted by Gasteiger charge is -2.27. The number of nitrogens with one attached hydrogen (secondary N) is 1. The number of amides is 1. The summed E-state index contributed by atoms with van der Waals surface area (Å²) in [7, 11) is 0. The van der Waals surface area contributed by atoms with Crippen LogP contribution in [-0.2, 0) is 17.8 Å². The standard InChI is InChI=1S/C34H34ClF4N3O3/c1-6-8-9-12-42(19-24-15-27(32(43)41-30(24)7-2)23-10-11-28(36)29(37)16-23)33(44)31(21(5)34(38,39)20(3)4)45-26-14-22(18-40)13-25(35)17-26/h9-17,20H,6-8,19H2,1-5H3,(H,41,43). The molecule has 1 amide bonds. The van der Waals surface area contributed by atoms with Gasteiger partial charge in [0.25, 0.3) is 17.4 Å². The fourth-order valence-electron chi connectivity index (χ4n) is 4.49. The highest BCUT2D eigenvalue weighted by molar-refractivity contribution is 6.30. The number of pyridine rings is 1. The van der Waals surface area contributed by atoms with E-state index in [1.165, 1.54) is 55.3 Å². The molecule has 238 valence electrons. The number of benzene rings is 2. The van der Waals surface area contributed by atoms with Crippen molar-refractivity contribution in [2.24, 2.45) is 5.92 Å². The Labute approximate surface area is 264 Å². The molecule has 0 saturated heterocycles. The molecule has 1 aromatic heterocycles. The van der Waals surface area contributed by atoms with Crippen LogP contribution in [-0.4, -0.2) is 21.7 Å². The zero-order valence-corrected chi connectivity index (χ0v) is 26.4. The summed E-state index contributed by atoms with van der Waals surface area (Å²) in [5.41, 5.74) is -0.0396. The second-order valence-electron chi connectivity index (χ2n) is 10.7. The highest BCUT2D eigenvalue weighted by Gasteiger charge is 2.40. The molecule has 0 aliphatic heterocycles. The van der Waals surface area contributed by atoms with E-state index in [9.17, 15) is 23.6 Å². The average molecular weight is 644 g/mol. The largest absolute Gasteiger partial charge is 0.451 e. The van der Waals surface area contributed by atoms with Gasteiger partial charge in [-0.05, 0) is 67.3 Å². The molecule has 0 unspecified atom stereocenters. The molecular weight excluding hydrogens is 610 g/mol. The summed E-state index contributed by atoms with van der Waals surface area (Å²) in [5.74, 6) is -8.52. The lowest BCUT2D eigenvalue weighted by molar-refractivity contribution is -0.128. The van der Waals surface area contributed by atoms with Gasteiger partial charge in [-0.3, -0.25) is 9.59 Å². The van der Waals surface area contributed by atoms with Crippen LogP contribution in [0.5, 0.6) is 5.75 Å². The second-order valence-corrected chi connectivity index (χ2v) is 11.2. The van der Waals surface area contributed by atoms with E-state index in [4.69, 9.17) is 16.3 Å². The number of alkyl halides is 2. The predicted molar refractivity (Wildman–Crippen MR) is 166 cm³/mol. The van der Waals surface area contributed by atoms with Crippen LogP contribution >= 0.6 is 11.6 Å². The maximum Gasteiger partial charge on any atom is 0.293 e. The van der Waals surface area contributed by atoms with E-state index in [1.807, 2.05) is 13.0 Å². The third-order valence-electron chi connectivity index (χ3n) is 7.12. The van der Waals surface area contributed by atoms with Gasteiger partial charge in [0.05, 0.1) is 18.2 Å². The van der Waals surface area contributed by atoms with Crippen molar-refractivity contribution in [3.8, 4) is 22.9 Å². The predicted octanol–water partition coefficient (Wildman–Crippen LogP) is 8.69. The molecule has 1 heterocycles. The van der Waals surface area contributed by atoms with Crippen molar-refractivity contribution in [3.05, 3.63) is 110 Å². The topological polar surface area (TPSA) is 86.2 Å². The van der Waals surface area contributed by atoms with Gasteiger partial charge in [-0.25, -0.2) is 17.6 Å². The van der Waals surface area contributed by atoms with Crippen molar-refractivity contribution >= 4 is 17.5 Å². The molecule has 3 aromatic rings. The van der Waals surface area contributed by atoms with Crippen molar-refractivity contribution in [1.29, 1.82) is 5.26 Å². The number of aromatic nitrogens is 1. The van der Waals surface area contributed by atoms with Crippen LogP contribution in [0.25, 0.3) is 11.1 Å². The summed E-state index contributed by atoms with van der Waals surface area (Å²) < 4.78 is 64.4. The first-order valence-corrected chi connectivity index (χ1v) is 14.8. The van der Waals surface area contributed by atoms with Crippen molar-refractivity contribution < 1.29 is 27.1 Å². The summed E-state index contributed by atoms with van der Waals surface area (Å²) in [5, 5.41) is 9.48. The van der Waals surface area contributed by atoms with Gasteiger partial charge in [-0.1, -0.05) is 57.9 Å². The van der Waals surface area contributed by atoms with E-state index in [2.05, 4.69) is 4.98 Å². The minimum Gasteiger partial charge on any atom is -0.451 e. The molecule has 2 aromatic carbocycles. The van der Waals surface area contributed by atoms with Gasteiger partial charge < -0.3 is 14.6 Å². The number of carbonyl (C=O) groups excluding carboxylic acids is 1. The summed E-state index contributed by atoms with van der Waals surface area (Å²) in [6.45, 7) is 7.24. The maximum absolute atomic E-state index is 15.4. The number of halogens is 5. The van der Waals surface area contributed by atoms with Crippen molar-refractivity contribution in [1.82, 2.24) is 9.88 Å². The first-order valence-electron chi connectivity index (χ1n) is 14.4. The molecule has 3 rings (SSSR count). The third-order valence-corrected chi connectivity index (χ3v) is 7.34. The van der Waals surface area contributed by atoms with Gasteiger partial charge in [0.2, 0.25) is 0 Å². The van der Waals surface area contributed by atoms with Crippen LogP contribution in [0.1, 0.15) is 64.3 Å². The average Bonchev–Trinajstić information content (AvgIpc) is 3.00. The fraction of sp³-hybridized carbons (Fsp3) is 0.324. The minimum absolute atomic E-state index is 0.0311. The Bertz CT molecular complexity index is 1720. The lowest BCUT2D eigenvalue weighted by Crippen LogP contribution is -2.35. The van der Waals surface area contributed by atoms with Gasteiger partial charge in [0.1, 0.15) is 5.75 Å². The first-order chi connectivity index (χ1) is 21.2. The SMILES string of the molecule is CCCC=CN(Cc1cc(-c2ccc(F)c(F)c2)c(=O)[nH]c1CC)C(=O)C(Oc1cc(Cl)cc(C#N)c1)=C(C)C(F)(F)C(C)C. The number of nitrogens with zero attached hydrogens (tertiary/aromatic N) is 2. The molecule has 1 N–H and O–H groups in total. The zero-order chi connectivity index (χ0) is 33.5. The van der Waals surface area contributed by atoms with E-state index in [-0.39, 0.29) is 34.0 Å². The number of nitriles is 1. The molecule has 0 aliphatic carbocycles. The Kier molecular flexibility index (Phi) is 11.8. The second kappa shape index (κ2) is 15.1. The molecule has 45 heavy (non-hydrogen) atoms. The Morgan fingerprint density at radius 2 is 1.84 bits per heavy atom. The van der Waals surface area contributed by atoms with E-state index >= 15 is 8.78 Å². The number of carbonyl (C=O) groups is 1. The molecule has 0 bridgehead atoms. The van der Waals surface area contributed by atoms with E-state index in [0.29, 0.717) is 24.1 Å². The van der Waals surface area contributed by atoms with Gasteiger partial charge in [0.15, 0.2) is 17.4 Å². The first kappa shape index (κ1) is 35.1. The molecule has 0 saturated carbocycles. The number of H-pyrrole nitrogens is 1. The molecule has 0 radical (unpaired) electrons. The molecule has 6 nitrogen and oxygen atoms in total. The monoisotopic (exact) mass is 643 g/mol. The van der Waals surface area contributed by atoms with Crippen molar-refractivity contribution in [3.63, 3.8) is 0 Å². The van der Waals surface area contributed by atoms with Gasteiger partial charge in [-0.15, -0.1) is 0 Å². The summed E-state index contributed by atoms with van der Waals surface area (Å²) in [6, 6.07) is 10.4. The maximum atomic E-state index is 15.4. The molecular formula is C34H34ClF4N3O3. The summed E-state index contributed by atoms with van der Waals surface area (Å²) >= 11 is 6.12. The summed E-state index contributed by atoms with van der Waals surface area (Å²) in [4.78, 5) is 31.0. The molecule has 0 atom stereocenters.